The minimum absolute atomic E-state index is 0.144. The van der Waals surface area contributed by atoms with Crippen molar-refractivity contribution in [3.63, 3.8) is 0 Å². The maximum Gasteiger partial charge on any atom is 0.287 e. The second-order valence-corrected chi connectivity index (χ2v) is 5.94. The molecule has 21 heavy (non-hydrogen) atoms. The molecule has 3 rings (SSSR count). The summed E-state index contributed by atoms with van der Waals surface area (Å²) in [6, 6.07) is 7.69. The number of furan rings is 1. The van der Waals surface area contributed by atoms with Gasteiger partial charge in [0.2, 0.25) is 0 Å². The van der Waals surface area contributed by atoms with Gasteiger partial charge in [-0.15, -0.1) is 0 Å². The first kappa shape index (κ1) is 14.1. The van der Waals surface area contributed by atoms with Crippen LogP contribution in [0, 0.1) is 12.8 Å². The van der Waals surface area contributed by atoms with Crippen LogP contribution in [0.15, 0.2) is 28.7 Å². The molecule has 1 aliphatic rings. The fourth-order valence-electron chi connectivity index (χ4n) is 3.06. The molecule has 112 valence electrons. The largest absolute Gasteiger partial charge is 0.451 e. The number of aryl methyl sites for hydroxylation is 1. The number of aliphatic hydroxyl groups is 1. The molecule has 0 saturated heterocycles. The average Bonchev–Trinajstić information content (AvgIpc) is 2.84. The van der Waals surface area contributed by atoms with E-state index >= 15 is 0 Å². The van der Waals surface area contributed by atoms with Crippen LogP contribution in [0.3, 0.4) is 0 Å². The van der Waals surface area contributed by atoms with Gasteiger partial charge in [-0.1, -0.05) is 18.2 Å². The van der Waals surface area contributed by atoms with Crippen molar-refractivity contribution in [3.05, 3.63) is 35.6 Å². The second-order valence-electron chi connectivity index (χ2n) is 5.94. The zero-order valence-electron chi connectivity index (χ0n) is 12.3. The van der Waals surface area contributed by atoms with Crippen LogP contribution in [-0.2, 0) is 0 Å². The van der Waals surface area contributed by atoms with Gasteiger partial charge in [-0.2, -0.15) is 0 Å². The van der Waals surface area contributed by atoms with Gasteiger partial charge < -0.3 is 14.8 Å². The SMILES string of the molecule is Cc1c(C(=O)NCC2CCC(O)CC2)oc2ccccc12. The Bertz CT molecular complexity index is 639. The van der Waals surface area contributed by atoms with Crippen molar-refractivity contribution in [1.82, 2.24) is 5.32 Å². The van der Waals surface area contributed by atoms with E-state index in [4.69, 9.17) is 4.42 Å². The van der Waals surface area contributed by atoms with Crippen LogP contribution in [-0.4, -0.2) is 23.7 Å². The summed E-state index contributed by atoms with van der Waals surface area (Å²) in [7, 11) is 0. The predicted molar refractivity (Wildman–Crippen MR) is 81.2 cm³/mol. The highest BCUT2D eigenvalue weighted by molar-refractivity contribution is 5.98. The number of hydrogen-bond acceptors (Lipinski definition) is 3. The summed E-state index contributed by atoms with van der Waals surface area (Å²) < 4.78 is 5.67. The molecule has 0 atom stereocenters. The summed E-state index contributed by atoms with van der Waals surface area (Å²) in [5.74, 6) is 0.726. The summed E-state index contributed by atoms with van der Waals surface area (Å²) in [6.07, 6.45) is 3.46. The van der Waals surface area contributed by atoms with Crippen LogP contribution in [0.2, 0.25) is 0 Å². The fourth-order valence-corrected chi connectivity index (χ4v) is 3.06. The van der Waals surface area contributed by atoms with E-state index in [-0.39, 0.29) is 12.0 Å². The number of aliphatic hydroxyl groups excluding tert-OH is 1. The average molecular weight is 287 g/mol. The Morgan fingerprint density at radius 2 is 2.00 bits per heavy atom. The Labute approximate surface area is 124 Å². The zero-order valence-corrected chi connectivity index (χ0v) is 12.3. The molecule has 0 unspecified atom stereocenters. The van der Waals surface area contributed by atoms with Crippen molar-refractivity contribution in [2.45, 2.75) is 38.7 Å². The maximum atomic E-state index is 12.3. The van der Waals surface area contributed by atoms with Crippen molar-refractivity contribution in [3.8, 4) is 0 Å². The van der Waals surface area contributed by atoms with Gasteiger partial charge in [-0.3, -0.25) is 4.79 Å². The van der Waals surface area contributed by atoms with Crippen LogP contribution in [0.4, 0.5) is 0 Å². The van der Waals surface area contributed by atoms with E-state index in [1.807, 2.05) is 31.2 Å². The molecular weight excluding hydrogens is 266 g/mol. The molecule has 1 heterocycles. The first-order valence-corrected chi connectivity index (χ1v) is 7.59. The molecule has 2 N–H and O–H groups in total. The highest BCUT2D eigenvalue weighted by Crippen LogP contribution is 2.26. The third kappa shape index (κ3) is 2.95. The van der Waals surface area contributed by atoms with Gasteiger partial charge >= 0.3 is 0 Å². The first-order valence-electron chi connectivity index (χ1n) is 7.59. The molecule has 0 spiro atoms. The van der Waals surface area contributed by atoms with Gasteiger partial charge in [0, 0.05) is 17.5 Å². The molecule has 1 fully saturated rings. The molecule has 0 radical (unpaired) electrons. The van der Waals surface area contributed by atoms with Gasteiger partial charge in [-0.25, -0.2) is 0 Å². The van der Waals surface area contributed by atoms with Gasteiger partial charge in [0.25, 0.3) is 5.91 Å². The third-order valence-electron chi connectivity index (χ3n) is 4.42. The van der Waals surface area contributed by atoms with E-state index in [2.05, 4.69) is 5.32 Å². The van der Waals surface area contributed by atoms with Crippen LogP contribution >= 0.6 is 0 Å². The van der Waals surface area contributed by atoms with Crippen LogP contribution in [0.1, 0.15) is 41.8 Å². The standard InChI is InChI=1S/C17H21NO3/c1-11-14-4-2-3-5-15(14)21-16(11)17(20)18-10-12-6-8-13(19)9-7-12/h2-5,12-13,19H,6-10H2,1H3,(H,18,20). The molecule has 1 aromatic heterocycles. The van der Waals surface area contributed by atoms with Crippen molar-refractivity contribution in [1.29, 1.82) is 0 Å². The number of carbonyl (C=O) groups is 1. The number of rotatable bonds is 3. The zero-order chi connectivity index (χ0) is 14.8. The molecule has 1 amide bonds. The molecule has 4 heteroatoms. The van der Waals surface area contributed by atoms with Crippen molar-refractivity contribution < 1.29 is 14.3 Å². The Balaban J connectivity index is 1.65. The third-order valence-corrected chi connectivity index (χ3v) is 4.42. The number of benzene rings is 1. The number of para-hydroxylation sites is 1. The quantitative estimate of drug-likeness (QED) is 0.912. The van der Waals surface area contributed by atoms with Crippen molar-refractivity contribution >= 4 is 16.9 Å². The van der Waals surface area contributed by atoms with Crippen LogP contribution < -0.4 is 5.32 Å². The summed E-state index contributed by atoms with van der Waals surface area (Å²) >= 11 is 0. The fraction of sp³-hybridized carbons (Fsp3) is 0.471. The minimum atomic E-state index is -0.158. The molecule has 4 nitrogen and oxygen atoms in total. The maximum absolute atomic E-state index is 12.3. The highest BCUT2D eigenvalue weighted by atomic mass is 16.3. The van der Waals surface area contributed by atoms with Gasteiger partial charge in [0.05, 0.1) is 6.10 Å². The van der Waals surface area contributed by atoms with E-state index in [1.54, 1.807) is 0 Å². The van der Waals surface area contributed by atoms with Crippen molar-refractivity contribution in [2.24, 2.45) is 5.92 Å². The lowest BCUT2D eigenvalue weighted by atomic mass is 9.87. The van der Waals surface area contributed by atoms with E-state index in [1.165, 1.54) is 0 Å². The molecular formula is C17H21NO3. The lowest BCUT2D eigenvalue weighted by Gasteiger charge is -2.25. The van der Waals surface area contributed by atoms with Gasteiger partial charge in [0.1, 0.15) is 5.58 Å². The summed E-state index contributed by atoms with van der Waals surface area (Å²) in [5, 5.41) is 13.5. The lowest BCUT2D eigenvalue weighted by molar-refractivity contribution is 0.0887. The Morgan fingerprint density at radius 1 is 1.29 bits per heavy atom. The van der Waals surface area contributed by atoms with E-state index in [9.17, 15) is 9.90 Å². The lowest BCUT2D eigenvalue weighted by Crippen LogP contribution is -2.32. The monoisotopic (exact) mass is 287 g/mol. The van der Waals surface area contributed by atoms with E-state index in [0.29, 0.717) is 18.2 Å². The second kappa shape index (κ2) is 5.90. The molecule has 1 saturated carbocycles. The van der Waals surface area contributed by atoms with Crippen molar-refractivity contribution in [2.75, 3.05) is 6.54 Å². The number of hydrogen-bond donors (Lipinski definition) is 2. The van der Waals surface area contributed by atoms with E-state index < -0.39 is 0 Å². The first-order chi connectivity index (χ1) is 10.1. The number of carbonyl (C=O) groups excluding carboxylic acids is 1. The summed E-state index contributed by atoms with van der Waals surface area (Å²) in [4.78, 5) is 12.3. The van der Waals surface area contributed by atoms with Gasteiger partial charge in [-0.05, 0) is 44.6 Å². The molecule has 2 aromatic rings. The topological polar surface area (TPSA) is 62.5 Å². The normalized spacial score (nSPS) is 22.4. The molecule has 1 aromatic carbocycles. The van der Waals surface area contributed by atoms with Crippen LogP contribution in [0.5, 0.6) is 0 Å². The number of nitrogens with one attached hydrogen (secondary N) is 1. The Morgan fingerprint density at radius 3 is 2.71 bits per heavy atom. The summed E-state index contributed by atoms with van der Waals surface area (Å²) in [5.41, 5.74) is 1.64. The van der Waals surface area contributed by atoms with Crippen LogP contribution in [0.25, 0.3) is 11.0 Å². The highest BCUT2D eigenvalue weighted by Gasteiger charge is 2.22. The summed E-state index contributed by atoms with van der Waals surface area (Å²) in [6.45, 7) is 2.57. The Kier molecular flexibility index (Phi) is 3.97. The minimum Gasteiger partial charge on any atom is -0.451 e. The van der Waals surface area contributed by atoms with Gasteiger partial charge in [0.15, 0.2) is 5.76 Å². The molecule has 0 bridgehead atoms. The smallest absolute Gasteiger partial charge is 0.287 e. The van der Waals surface area contributed by atoms with E-state index in [0.717, 1.165) is 42.2 Å². The molecule has 0 aliphatic heterocycles. The number of fused-ring (bicyclic) bond motifs is 1. The Hall–Kier alpha value is -1.81. The molecule has 1 aliphatic carbocycles. The predicted octanol–water partition coefficient (Wildman–Crippen LogP) is 3.02. The number of amides is 1.